The molecular weight excluding hydrogens is 469 g/mol. The summed E-state index contributed by atoms with van der Waals surface area (Å²) in [6, 6.07) is 31.2. The SMILES string of the molecule is CN1CCCc2ccccc21.CN1CCc2c(-c3ccccc3)cccc21.CN1CCc2cccc(F)c21. The monoisotopic (exact) mass is 507 g/mol. The van der Waals surface area contributed by atoms with Crippen molar-refractivity contribution in [1.82, 2.24) is 0 Å². The van der Waals surface area contributed by atoms with Gasteiger partial charge in [0, 0.05) is 52.2 Å². The number of para-hydroxylation sites is 2. The molecule has 0 fully saturated rings. The summed E-state index contributed by atoms with van der Waals surface area (Å²) in [4.78, 5) is 6.63. The van der Waals surface area contributed by atoms with Crippen LogP contribution in [0.5, 0.6) is 0 Å². The number of aryl methyl sites for hydroxylation is 1. The lowest BCUT2D eigenvalue weighted by molar-refractivity contribution is 0.626. The predicted octanol–water partition coefficient (Wildman–Crippen LogP) is 7.23. The van der Waals surface area contributed by atoms with Gasteiger partial charge in [-0.15, -0.1) is 0 Å². The van der Waals surface area contributed by atoms with E-state index in [1.807, 2.05) is 18.0 Å². The number of nitrogens with zero attached hydrogens (tertiary/aromatic N) is 3. The van der Waals surface area contributed by atoms with E-state index in [2.05, 4.69) is 96.7 Å². The van der Waals surface area contributed by atoms with Crippen molar-refractivity contribution in [3.8, 4) is 11.1 Å². The first-order valence-electron chi connectivity index (χ1n) is 13.7. The van der Waals surface area contributed by atoms with E-state index in [9.17, 15) is 4.39 Å². The first-order chi connectivity index (χ1) is 18.5. The summed E-state index contributed by atoms with van der Waals surface area (Å²) < 4.78 is 13.1. The molecule has 3 aliphatic heterocycles. The van der Waals surface area contributed by atoms with Crippen LogP contribution in [0.4, 0.5) is 21.5 Å². The van der Waals surface area contributed by atoms with Gasteiger partial charge in [-0.25, -0.2) is 4.39 Å². The van der Waals surface area contributed by atoms with E-state index >= 15 is 0 Å². The lowest BCUT2D eigenvalue weighted by atomic mass is 9.98. The third-order valence-electron chi connectivity index (χ3n) is 7.86. The molecule has 4 heteroatoms. The third kappa shape index (κ3) is 5.55. The predicted molar refractivity (Wildman–Crippen MR) is 160 cm³/mol. The van der Waals surface area contributed by atoms with Gasteiger partial charge in [-0.05, 0) is 71.7 Å². The second-order valence-electron chi connectivity index (χ2n) is 10.4. The molecule has 4 aromatic carbocycles. The van der Waals surface area contributed by atoms with Gasteiger partial charge < -0.3 is 14.7 Å². The van der Waals surface area contributed by atoms with Crippen LogP contribution in [0, 0.1) is 5.82 Å². The van der Waals surface area contributed by atoms with Crippen LogP contribution in [0.3, 0.4) is 0 Å². The number of hydrogen-bond acceptors (Lipinski definition) is 3. The normalized spacial score (nSPS) is 15.0. The topological polar surface area (TPSA) is 9.72 Å². The maximum Gasteiger partial charge on any atom is 0.146 e. The van der Waals surface area contributed by atoms with Crippen molar-refractivity contribution >= 4 is 17.1 Å². The minimum atomic E-state index is -0.0949. The molecule has 0 N–H and O–H groups in total. The number of fused-ring (bicyclic) bond motifs is 3. The molecule has 0 atom stereocenters. The Labute approximate surface area is 227 Å². The van der Waals surface area contributed by atoms with Crippen molar-refractivity contribution in [2.45, 2.75) is 25.7 Å². The minimum absolute atomic E-state index is 0.0949. The van der Waals surface area contributed by atoms with Crippen LogP contribution in [0.1, 0.15) is 23.1 Å². The lowest BCUT2D eigenvalue weighted by Gasteiger charge is -2.26. The zero-order valence-corrected chi connectivity index (χ0v) is 22.8. The van der Waals surface area contributed by atoms with E-state index < -0.39 is 0 Å². The van der Waals surface area contributed by atoms with Crippen LogP contribution in [0.2, 0.25) is 0 Å². The van der Waals surface area contributed by atoms with Gasteiger partial charge in [-0.1, -0.05) is 72.8 Å². The molecule has 7 rings (SSSR count). The molecule has 0 aromatic heterocycles. The molecule has 0 unspecified atom stereocenters. The first-order valence-corrected chi connectivity index (χ1v) is 13.7. The van der Waals surface area contributed by atoms with E-state index in [4.69, 9.17) is 0 Å². The summed E-state index contributed by atoms with van der Waals surface area (Å²) in [6.45, 7) is 3.28. The second kappa shape index (κ2) is 11.7. The Morgan fingerprint density at radius 1 is 0.553 bits per heavy atom. The molecule has 196 valence electrons. The number of likely N-dealkylation sites (N-methyl/N-ethyl adjacent to an activating group) is 2. The molecule has 0 radical (unpaired) electrons. The average molecular weight is 508 g/mol. The van der Waals surface area contributed by atoms with E-state index in [1.165, 1.54) is 59.1 Å². The highest BCUT2D eigenvalue weighted by atomic mass is 19.1. The van der Waals surface area contributed by atoms with Gasteiger partial charge in [0.1, 0.15) is 5.82 Å². The van der Waals surface area contributed by atoms with Gasteiger partial charge in [-0.2, -0.15) is 0 Å². The fourth-order valence-corrected chi connectivity index (χ4v) is 5.79. The summed E-state index contributed by atoms with van der Waals surface area (Å²) >= 11 is 0. The average Bonchev–Trinajstić information content (AvgIpc) is 3.53. The molecule has 38 heavy (non-hydrogen) atoms. The highest BCUT2D eigenvalue weighted by molar-refractivity contribution is 5.76. The van der Waals surface area contributed by atoms with Crippen molar-refractivity contribution in [2.75, 3.05) is 55.5 Å². The molecule has 0 amide bonds. The number of halogens is 1. The minimum Gasteiger partial charge on any atom is -0.374 e. The Kier molecular flexibility index (Phi) is 7.97. The Morgan fingerprint density at radius 2 is 1.21 bits per heavy atom. The molecule has 3 aliphatic rings. The standard InChI is InChI=1S/C15H15N.C10H13N.C9H10FN/c1-16-11-10-14-13(8-5-9-15(14)16)12-6-3-2-4-7-12;1-11-8-4-6-9-5-2-3-7-10(9)11;1-11-6-5-7-3-2-4-8(10)9(7)11/h2-9H,10-11H2,1H3;2-3,5,7H,4,6,8H2,1H3;2-4H,5-6H2,1H3. The van der Waals surface area contributed by atoms with Gasteiger partial charge in [0.15, 0.2) is 0 Å². The van der Waals surface area contributed by atoms with Crippen LogP contribution in [-0.4, -0.2) is 40.8 Å². The maximum absolute atomic E-state index is 13.1. The van der Waals surface area contributed by atoms with E-state index in [0.717, 1.165) is 37.2 Å². The molecule has 4 aromatic rings. The molecule has 0 aliphatic carbocycles. The van der Waals surface area contributed by atoms with Crippen LogP contribution >= 0.6 is 0 Å². The van der Waals surface area contributed by atoms with Crippen molar-refractivity contribution in [1.29, 1.82) is 0 Å². The summed E-state index contributed by atoms with van der Waals surface area (Å²) in [7, 11) is 6.26. The van der Waals surface area contributed by atoms with Crippen LogP contribution in [0.25, 0.3) is 11.1 Å². The summed E-state index contributed by atoms with van der Waals surface area (Å²) in [6.07, 6.45) is 4.69. The Bertz CT molecular complexity index is 1370. The van der Waals surface area contributed by atoms with Gasteiger partial charge in [0.25, 0.3) is 0 Å². The smallest absolute Gasteiger partial charge is 0.146 e. The maximum atomic E-state index is 13.1. The molecule has 3 heterocycles. The highest BCUT2D eigenvalue weighted by Crippen LogP contribution is 2.35. The number of anilines is 3. The lowest BCUT2D eigenvalue weighted by Crippen LogP contribution is -2.24. The number of rotatable bonds is 1. The summed E-state index contributed by atoms with van der Waals surface area (Å²) in [5.74, 6) is -0.0949. The van der Waals surface area contributed by atoms with Crippen molar-refractivity contribution in [3.05, 3.63) is 114 Å². The fourth-order valence-electron chi connectivity index (χ4n) is 5.79. The molecule has 0 spiro atoms. The van der Waals surface area contributed by atoms with E-state index in [1.54, 1.807) is 6.07 Å². The zero-order valence-electron chi connectivity index (χ0n) is 22.8. The van der Waals surface area contributed by atoms with Crippen LogP contribution in [-0.2, 0) is 19.3 Å². The zero-order chi connectivity index (χ0) is 26.5. The Hall–Kier alpha value is -3.79. The Morgan fingerprint density at radius 3 is 2.00 bits per heavy atom. The van der Waals surface area contributed by atoms with Gasteiger partial charge in [0.2, 0.25) is 0 Å². The summed E-state index contributed by atoms with van der Waals surface area (Å²) in [5.41, 5.74) is 10.4. The van der Waals surface area contributed by atoms with Crippen molar-refractivity contribution < 1.29 is 4.39 Å². The van der Waals surface area contributed by atoms with Gasteiger partial charge >= 0.3 is 0 Å². The van der Waals surface area contributed by atoms with Crippen molar-refractivity contribution in [2.24, 2.45) is 0 Å². The van der Waals surface area contributed by atoms with Crippen LogP contribution in [0.15, 0.2) is 91.0 Å². The molecule has 0 saturated carbocycles. The second-order valence-corrected chi connectivity index (χ2v) is 10.4. The van der Waals surface area contributed by atoms with Crippen molar-refractivity contribution in [3.63, 3.8) is 0 Å². The molecule has 3 nitrogen and oxygen atoms in total. The largest absolute Gasteiger partial charge is 0.374 e. The quantitative estimate of drug-likeness (QED) is 0.269. The fraction of sp³-hybridized carbons (Fsp3) is 0.294. The highest BCUT2D eigenvalue weighted by Gasteiger charge is 2.19. The van der Waals surface area contributed by atoms with Gasteiger partial charge in [0.05, 0.1) is 5.69 Å². The van der Waals surface area contributed by atoms with E-state index in [-0.39, 0.29) is 5.82 Å². The number of hydrogen-bond donors (Lipinski definition) is 0. The third-order valence-corrected chi connectivity index (χ3v) is 7.86. The first kappa shape index (κ1) is 25.8. The molecule has 0 bridgehead atoms. The molecular formula is C34H38FN3. The molecule has 0 saturated heterocycles. The van der Waals surface area contributed by atoms with E-state index in [0.29, 0.717) is 0 Å². The van der Waals surface area contributed by atoms with Crippen LogP contribution < -0.4 is 14.7 Å². The number of benzene rings is 4. The van der Waals surface area contributed by atoms with Gasteiger partial charge in [-0.3, -0.25) is 0 Å². The Balaban J connectivity index is 0.000000119. The summed E-state index contributed by atoms with van der Waals surface area (Å²) in [5, 5.41) is 0.